The second-order valence-electron chi connectivity index (χ2n) is 2.57. The Bertz CT molecular complexity index is 140. The molecule has 0 radical (unpaired) electrons. The van der Waals surface area contributed by atoms with E-state index >= 15 is 0 Å². The van der Waals surface area contributed by atoms with Gasteiger partial charge in [-0.15, -0.1) is 6.58 Å². The summed E-state index contributed by atoms with van der Waals surface area (Å²) < 4.78 is 4.90. The number of ether oxygens (including phenoxy) is 1. The van der Waals surface area contributed by atoms with Gasteiger partial charge in [0, 0.05) is 12.3 Å². The van der Waals surface area contributed by atoms with Crippen LogP contribution in [0.4, 0.5) is 0 Å². The van der Waals surface area contributed by atoms with Crippen LogP contribution in [0.25, 0.3) is 0 Å². The molecule has 1 saturated heterocycles. The molecule has 1 atom stereocenters. The molecule has 0 aromatic rings. The molecule has 2 heteroatoms. The van der Waals surface area contributed by atoms with E-state index in [1.54, 1.807) is 0 Å². The van der Waals surface area contributed by atoms with Gasteiger partial charge in [0.25, 0.3) is 0 Å². The molecule has 0 saturated carbocycles. The summed E-state index contributed by atoms with van der Waals surface area (Å²) in [5.74, 6) is 0.316. The van der Waals surface area contributed by atoms with Crippen LogP contribution in [0.15, 0.2) is 12.7 Å². The normalized spacial score (nSPS) is 26.8. The molecule has 56 valence electrons. The van der Waals surface area contributed by atoms with Crippen LogP contribution in [0.3, 0.4) is 0 Å². The van der Waals surface area contributed by atoms with Crippen LogP contribution in [0.2, 0.25) is 0 Å². The second-order valence-corrected chi connectivity index (χ2v) is 2.57. The monoisotopic (exact) mass is 140 g/mol. The zero-order chi connectivity index (χ0) is 7.40. The quantitative estimate of drug-likeness (QED) is 0.407. The van der Waals surface area contributed by atoms with Crippen molar-refractivity contribution in [3.8, 4) is 0 Å². The van der Waals surface area contributed by atoms with E-state index < -0.39 is 0 Å². The molecule has 1 aliphatic rings. The van der Waals surface area contributed by atoms with Crippen molar-refractivity contribution in [3.63, 3.8) is 0 Å². The molecule has 0 aliphatic carbocycles. The van der Waals surface area contributed by atoms with E-state index in [1.165, 1.54) is 0 Å². The third kappa shape index (κ3) is 1.87. The summed E-state index contributed by atoms with van der Waals surface area (Å²) in [6.45, 7) is 4.19. The van der Waals surface area contributed by atoms with Crippen molar-refractivity contribution in [2.75, 3.05) is 6.61 Å². The van der Waals surface area contributed by atoms with Crippen molar-refractivity contribution in [2.45, 2.75) is 19.3 Å². The molecule has 2 nitrogen and oxygen atoms in total. The summed E-state index contributed by atoms with van der Waals surface area (Å²) in [5.41, 5.74) is 0. The predicted octanol–water partition coefficient (Wildman–Crippen LogP) is 1.52. The zero-order valence-corrected chi connectivity index (χ0v) is 6.01. The fraction of sp³-hybridized carbons (Fsp3) is 0.625. The van der Waals surface area contributed by atoms with Gasteiger partial charge in [0.05, 0.1) is 6.61 Å². The maximum absolute atomic E-state index is 10.7. The van der Waals surface area contributed by atoms with Crippen LogP contribution in [-0.4, -0.2) is 12.6 Å². The van der Waals surface area contributed by atoms with Crippen molar-refractivity contribution in [1.29, 1.82) is 0 Å². The number of carbonyl (C=O) groups excluding carboxylic acids is 1. The molecule has 10 heavy (non-hydrogen) atoms. The minimum atomic E-state index is -0.0654. The van der Waals surface area contributed by atoms with Crippen molar-refractivity contribution < 1.29 is 9.53 Å². The number of cyclic esters (lactones) is 1. The van der Waals surface area contributed by atoms with Crippen molar-refractivity contribution in [1.82, 2.24) is 0 Å². The van der Waals surface area contributed by atoms with E-state index in [-0.39, 0.29) is 5.97 Å². The molecule has 1 fully saturated rings. The number of esters is 1. The molecule has 0 spiro atoms. The molecule has 1 heterocycles. The summed E-state index contributed by atoms with van der Waals surface area (Å²) in [4.78, 5) is 10.7. The van der Waals surface area contributed by atoms with Crippen molar-refractivity contribution in [3.05, 3.63) is 12.7 Å². The van der Waals surface area contributed by atoms with E-state index in [2.05, 4.69) is 6.58 Å². The second kappa shape index (κ2) is 3.40. The van der Waals surface area contributed by atoms with Gasteiger partial charge in [0.1, 0.15) is 0 Å². The largest absolute Gasteiger partial charge is 0.465 e. The Labute approximate surface area is 60.9 Å². The number of rotatable bonds is 1. The van der Waals surface area contributed by atoms with Gasteiger partial charge < -0.3 is 4.74 Å². The van der Waals surface area contributed by atoms with Crippen LogP contribution in [0.1, 0.15) is 19.3 Å². The van der Waals surface area contributed by atoms with E-state index in [0.29, 0.717) is 18.9 Å². The number of carbonyl (C=O) groups is 1. The fourth-order valence-corrected chi connectivity index (χ4v) is 1.05. The van der Waals surface area contributed by atoms with Gasteiger partial charge in [-0.25, -0.2) is 0 Å². The van der Waals surface area contributed by atoms with E-state index in [0.717, 1.165) is 12.8 Å². The minimum absolute atomic E-state index is 0.0654. The lowest BCUT2D eigenvalue weighted by molar-refractivity contribution is -0.143. The highest BCUT2D eigenvalue weighted by atomic mass is 16.5. The molecule has 1 rings (SSSR count). The summed E-state index contributed by atoms with van der Waals surface area (Å²) in [7, 11) is 0. The van der Waals surface area contributed by atoms with Crippen LogP contribution < -0.4 is 0 Å². The topological polar surface area (TPSA) is 26.3 Å². The summed E-state index contributed by atoms with van der Waals surface area (Å²) >= 11 is 0. The first-order valence-corrected chi connectivity index (χ1v) is 3.61. The first-order chi connectivity index (χ1) is 4.83. The first-order valence-electron chi connectivity index (χ1n) is 3.61. The average Bonchev–Trinajstić information content (AvgIpc) is 2.14. The molecule has 0 bridgehead atoms. The summed E-state index contributed by atoms with van der Waals surface area (Å²) in [5, 5.41) is 0. The van der Waals surface area contributed by atoms with Crippen molar-refractivity contribution >= 4 is 5.97 Å². The Kier molecular flexibility index (Phi) is 2.49. The van der Waals surface area contributed by atoms with Crippen LogP contribution in [0.5, 0.6) is 0 Å². The first kappa shape index (κ1) is 7.32. The van der Waals surface area contributed by atoms with Crippen molar-refractivity contribution in [2.24, 2.45) is 5.92 Å². The summed E-state index contributed by atoms with van der Waals surface area (Å²) in [6, 6.07) is 0. The number of hydrogen-bond acceptors (Lipinski definition) is 2. The molecule has 0 amide bonds. The highest BCUT2D eigenvalue weighted by Gasteiger charge is 2.13. The van der Waals surface area contributed by atoms with Crippen LogP contribution >= 0.6 is 0 Å². The van der Waals surface area contributed by atoms with Gasteiger partial charge in [-0.2, -0.15) is 0 Å². The lowest BCUT2D eigenvalue weighted by Crippen LogP contribution is -2.06. The molecule has 1 unspecified atom stereocenters. The van der Waals surface area contributed by atoms with Gasteiger partial charge in [0.15, 0.2) is 0 Å². The smallest absolute Gasteiger partial charge is 0.305 e. The molecule has 0 aromatic heterocycles. The maximum atomic E-state index is 10.7. The minimum Gasteiger partial charge on any atom is -0.465 e. The Morgan fingerprint density at radius 1 is 1.70 bits per heavy atom. The Balaban J connectivity index is 2.40. The summed E-state index contributed by atoms with van der Waals surface area (Å²) in [6.07, 6.45) is 4.41. The molecular formula is C8H12O2. The molecule has 1 aliphatic heterocycles. The van der Waals surface area contributed by atoms with Gasteiger partial charge >= 0.3 is 5.97 Å². The highest BCUT2D eigenvalue weighted by Crippen LogP contribution is 2.14. The van der Waals surface area contributed by atoms with Gasteiger partial charge in [-0.3, -0.25) is 4.79 Å². The van der Waals surface area contributed by atoms with Gasteiger partial charge in [-0.05, 0) is 12.8 Å². The Morgan fingerprint density at radius 2 is 2.50 bits per heavy atom. The molecule has 0 aromatic carbocycles. The number of hydrogen-bond donors (Lipinski definition) is 0. The van der Waals surface area contributed by atoms with E-state index in [9.17, 15) is 4.79 Å². The van der Waals surface area contributed by atoms with Crippen LogP contribution in [0, 0.1) is 5.92 Å². The third-order valence-corrected chi connectivity index (χ3v) is 1.75. The lowest BCUT2D eigenvalue weighted by Gasteiger charge is -2.05. The maximum Gasteiger partial charge on any atom is 0.305 e. The zero-order valence-electron chi connectivity index (χ0n) is 6.01. The predicted molar refractivity (Wildman–Crippen MR) is 38.5 cm³/mol. The van der Waals surface area contributed by atoms with E-state index in [1.807, 2.05) is 6.08 Å². The van der Waals surface area contributed by atoms with Crippen LogP contribution in [-0.2, 0) is 9.53 Å². The Hall–Kier alpha value is -0.790. The average molecular weight is 140 g/mol. The van der Waals surface area contributed by atoms with Gasteiger partial charge in [0.2, 0.25) is 0 Å². The highest BCUT2D eigenvalue weighted by molar-refractivity contribution is 5.69. The Morgan fingerprint density at radius 3 is 3.20 bits per heavy atom. The molecular weight excluding hydrogens is 128 g/mol. The fourth-order valence-electron chi connectivity index (χ4n) is 1.05. The standard InChI is InChI=1S/C8H12O2/c1-2-7-4-3-5-8(9)10-6-7/h2,7H,1,3-6H2. The lowest BCUT2D eigenvalue weighted by atomic mass is 10.0. The third-order valence-electron chi connectivity index (χ3n) is 1.75. The molecule has 0 N–H and O–H groups in total. The van der Waals surface area contributed by atoms with Gasteiger partial charge in [-0.1, -0.05) is 6.08 Å². The van der Waals surface area contributed by atoms with E-state index in [4.69, 9.17) is 4.74 Å². The SMILES string of the molecule is C=CC1CCCC(=O)OC1.